The van der Waals surface area contributed by atoms with Gasteiger partial charge in [0, 0.05) is 16.0 Å². The third-order valence-electron chi connectivity index (χ3n) is 5.14. The van der Waals surface area contributed by atoms with Gasteiger partial charge in [0.1, 0.15) is 11.5 Å². The Morgan fingerprint density at radius 2 is 1.47 bits per heavy atom. The zero-order chi connectivity index (χ0) is 20.9. The first-order valence-corrected chi connectivity index (χ1v) is 10.7. The molecule has 0 bridgehead atoms. The van der Waals surface area contributed by atoms with Crippen molar-refractivity contribution < 1.29 is 4.74 Å². The highest BCUT2D eigenvalue weighted by atomic mass is 35.5. The largest absolute Gasteiger partial charge is 0.457 e. The van der Waals surface area contributed by atoms with Gasteiger partial charge in [-0.2, -0.15) is 0 Å². The summed E-state index contributed by atoms with van der Waals surface area (Å²) < 4.78 is 6.07. The summed E-state index contributed by atoms with van der Waals surface area (Å²) in [4.78, 5) is 0. The Hall–Kier alpha value is -2.74. The van der Waals surface area contributed by atoms with Crippen LogP contribution in [0, 0.1) is 6.92 Å². The smallest absolute Gasteiger partial charge is 0.127 e. The molecule has 0 aliphatic carbocycles. The van der Waals surface area contributed by atoms with E-state index in [-0.39, 0.29) is 5.92 Å². The standard InChI is InChI=1S/C27H22Cl2O/c1-19-10-12-20(13-11-19)16-26(25-15-14-22(28)18-27(25)29)21-6-5-9-24(17-21)30-23-7-3-2-4-8-23/h2-15,17-18,26H,16H2,1H3. The average molecular weight is 433 g/mol. The number of aryl methyl sites for hydroxylation is 1. The number of benzene rings is 4. The monoisotopic (exact) mass is 432 g/mol. The van der Waals surface area contributed by atoms with Gasteiger partial charge in [0.25, 0.3) is 0 Å². The van der Waals surface area contributed by atoms with Crippen LogP contribution in [0.3, 0.4) is 0 Å². The van der Waals surface area contributed by atoms with Gasteiger partial charge in [0.05, 0.1) is 0 Å². The van der Waals surface area contributed by atoms with Gasteiger partial charge in [-0.05, 0) is 66.4 Å². The maximum atomic E-state index is 6.62. The highest BCUT2D eigenvalue weighted by Gasteiger charge is 2.19. The van der Waals surface area contributed by atoms with E-state index < -0.39 is 0 Å². The molecule has 1 atom stereocenters. The molecule has 0 aliphatic heterocycles. The molecule has 0 aliphatic rings. The highest BCUT2D eigenvalue weighted by Crippen LogP contribution is 2.36. The van der Waals surface area contributed by atoms with Crippen molar-refractivity contribution in [3.8, 4) is 11.5 Å². The van der Waals surface area contributed by atoms with Crippen LogP contribution in [0.2, 0.25) is 10.0 Å². The normalized spacial score (nSPS) is 11.8. The molecule has 0 N–H and O–H groups in total. The molecule has 0 radical (unpaired) electrons. The van der Waals surface area contributed by atoms with Crippen LogP contribution >= 0.6 is 23.2 Å². The van der Waals surface area contributed by atoms with E-state index in [1.165, 1.54) is 11.1 Å². The summed E-state index contributed by atoms with van der Waals surface area (Å²) in [5.74, 6) is 1.70. The lowest BCUT2D eigenvalue weighted by atomic mass is 9.85. The first-order valence-electron chi connectivity index (χ1n) is 9.92. The number of halogens is 2. The maximum absolute atomic E-state index is 6.62. The molecule has 150 valence electrons. The number of hydrogen-bond donors (Lipinski definition) is 0. The Labute approximate surface area is 187 Å². The van der Waals surface area contributed by atoms with Gasteiger partial charge < -0.3 is 4.74 Å². The minimum atomic E-state index is 0.0804. The van der Waals surface area contributed by atoms with Crippen molar-refractivity contribution in [2.75, 3.05) is 0 Å². The van der Waals surface area contributed by atoms with E-state index in [2.05, 4.69) is 43.3 Å². The summed E-state index contributed by atoms with van der Waals surface area (Å²) in [6, 6.07) is 32.4. The minimum Gasteiger partial charge on any atom is -0.457 e. The predicted molar refractivity (Wildman–Crippen MR) is 126 cm³/mol. The summed E-state index contributed by atoms with van der Waals surface area (Å²) in [6.07, 6.45) is 0.830. The van der Waals surface area contributed by atoms with E-state index in [9.17, 15) is 0 Å². The molecule has 4 aromatic carbocycles. The molecule has 0 heterocycles. The summed E-state index contributed by atoms with van der Waals surface area (Å²) in [5, 5.41) is 1.31. The number of ether oxygens (including phenoxy) is 1. The molecule has 30 heavy (non-hydrogen) atoms. The fraction of sp³-hybridized carbons (Fsp3) is 0.111. The van der Waals surface area contributed by atoms with E-state index in [0.29, 0.717) is 10.0 Å². The van der Waals surface area contributed by atoms with E-state index in [1.54, 1.807) is 0 Å². The SMILES string of the molecule is Cc1ccc(CC(c2cccc(Oc3ccccc3)c2)c2ccc(Cl)cc2Cl)cc1. The number of rotatable bonds is 6. The summed E-state index contributed by atoms with van der Waals surface area (Å²) in [7, 11) is 0. The van der Waals surface area contributed by atoms with Gasteiger partial charge >= 0.3 is 0 Å². The van der Waals surface area contributed by atoms with E-state index in [4.69, 9.17) is 27.9 Å². The summed E-state index contributed by atoms with van der Waals surface area (Å²) >= 11 is 12.8. The van der Waals surface area contributed by atoms with Crippen LogP contribution in [0.4, 0.5) is 0 Å². The molecule has 4 aromatic rings. The van der Waals surface area contributed by atoms with Gasteiger partial charge in [-0.25, -0.2) is 0 Å². The molecule has 3 heteroatoms. The van der Waals surface area contributed by atoms with Gasteiger partial charge in [-0.3, -0.25) is 0 Å². The van der Waals surface area contributed by atoms with Gasteiger partial charge in [0.2, 0.25) is 0 Å². The van der Waals surface area contributed by atoms with Crippen LogP contribution in [0.5, 0.6) is 11.5 Å². The van der Waals surface area contributed by atoms with Crippen LogP contribution < -0.4 is 4.74 Å². The predicted octanol–water partition coefficient (Wildman–Crippen LogP) is 8.47. The van der Waals surface area contributed by atoms with Crippen molar-refractivity contribution in [1.29, 1.82) is 0 Å². The Balaban J connectivity index is 1.71. The van der Waals surface area contributed by atoms with Crippen molar-refractivity contribution in [2.24, 2.45) is 0 Å². The maximum Gasteiger partial charge on any atom is 0.127 e. The highest BCUT2D eigenvalue weighted by molar-refractivity contribution is 6.35. The minimum absolute atomic E-state index is 0.0804. The van der Waals surface area contributed by atoms with Crippen molar-refractivity contribution >= 4 is 23.2 Å². The van der Waals surface area contributed by atoms with E-state index in [0.717, 1.165) is 29.0 Å². The summed E-state index contributed by atoms with van der Waals surface area (Å²) in [6.45, 7) is 2.10. The molecule has 0 fully saturated rings. The molecule has 0 aromatic heterocycles. The molecule has 0 saturated carbocycles. The van der Waals surface area contributed by atoms with Crippen LogP contribution in [0.1, 0.15) is 28.2 Å². The lowest BCUT2D eigenvalue weighted by molar-refractivity contribution is 0.481. The zero-order valence-corrected chi connectivity index (χ0v) is 18.2. The Morgan fingerprint density at radius 3 is 2.20 bits per heavy atom. The Morgan fingerprint density at radius 1 is 0.733 bits per heavy atom. The third kappa shape index (κ3) is 5.05. The topological polar surface area (TPSA) is 9.23 Å². The average Bonchev–Trinajstić information content (AvgIpc) is 2.75. The molecule has 4 rings (SSSR count). The first kappa shape index (κ1) is 20.5. The van der Waals surface area contributed by atoms with Crippen molar-refractivity contribution in [1.82, 2.24) is 0 Å². The van der Waals surface area contributed by atoms with Gasteiger partial charge in [-0.1, -0.05) is 89.4 Å². The quantitative estimate of drug-likeness (QED) is 0.296. The molecule has 0 saturated heterocycles. The lowest BCUT2D eigenvalue weighted by Crippen LogP contribution is -2.06. The molecule has 0 amide bonds. The molecular weight excluding hydrogens is 411 g/mol. The fourth-order valence-electron chi connectivity index (χ4n) is 3.57. The van der Waals surface area contributed by atoms with Crippen LogP contribution in [0.25, 0.3) is 0 Å². The second-order valence-electron chi connectivity index (χ2n) is 7.40. The van der Waals surface area contributed by atoms with Gasteiger partial charge in [-0.15, -0.1) is 0 Å². The Bertz CT molecular complexity index is 1120. The fourth-order valence-corrected chi connectivity index (χ4v) is 4.11. The second-order valence-corrected chi connectivity index (χ2v) is 8.24. The number of para-hydroxylation sites is 1. The van der Waals surface area contributed by atoms with E-state index >= 15 is 0 Å². The molecular formula is C27H22Cl2O. The van der Waals surface area contributed by atoms with E-state index in [1.807, 2.05) is 60.7 Å². The van der Waals surface area contributed by atoms with Crippen molar-refractivity contribution in [3.63, 3.8) is 0 Å². The van der Waals surface area contributed by atoms with Gasteiger partial charge in [0.15, 0.2) is 0 Å². The first-order chi connectivity index (χ1) is 14.6. The van der Waals surface area contributed by atoms with Crippen molar-refractivity contribution in [2.45, 2.75) is 19.3 Å². The molecule has 1 nitrogen and oxygen atoms in total. The molecule has 0 spiro atoms. The zero-order valence-electron chi connectivity index (χ0n) is 16.7. The summed E-state index contributed by atoms with van der Waals surface area (Å²) in [5.41, 5.74) is 4.70. The Kier molecular flexibility index (Phi) is 6.42. The van der Waals surface area contributed by atoms with Crippen molar-refractivity contribution in [3.05, 3.63) is 129 Å². The molecule has 1 unspecified atom stereocenters. The lowest BCUT2D eigenvalue weighted by Gasteiger charge is -2.21. The second kappa shape index (κ2) is 9.38. The van der Waals surface area contributed by atoms with Crippen LogP contribution in [-0.4, -0.2) is 0 Å². The van der Waals surface area contributed by atoms with Crippen LogP contribution in [-0.2, 0) is 6.42 Å². The number of hydrogen-bond acceptors (Lipinski definition) is 1. The third-order valence-corrected chi connectivity index (χ3v) is 5.70. The van der Waals surface area contributed by atoms with Crippen LogP contribution in [0.15, 0.2) is 97.1 Å².